The second kappa shape index (κ2) is 12.4. The average Bonchev–Trinajstić information content (AvgIpc) is 2.93. The van der Waals surface area contributed by atoms with E-state index < -0.39 is 38.3 Å². The fourth-order valence-corrected chi connectivity index (χ4v) is 6.53. The van der Waals surface area contributed by atoms with Crippen LogP contribution in [0.5, 0.6) is 0 Å². The number of hydrogen-bond donors (Lipinski definition) is 1. The Balaban J connectivity index is 1.58. The highest BCUT2D eigenvalue weighted by molar-refractivity contribution is 7.92. The van der Waals surface area contributed by atoms with Crippen molar-refractivity contribution in [3.8, 4) is 0 Å². The predicted octanol–water partition coefficient (Wildman–Crippen LogP) is 5.39. The van der Waals surface area contributed by atoms with E-state index in [0.29, 0.717) is 25.3 Å². The number of nitrogens with one attached hydrogen (secondary N) is 1. The molecular formula is C26H25ClF5N5O4S. The summed E-state index contributed by atoms with van der Waals surface area (Å²) < 4.78 is 95.7. The topological polar surface area (TPSA) is 105 Å². The SMILES string of the molecule is CN(C)[C@H]1C[C@@H](c2cc(F)cc(C(F)(F)F)c2)CC[C@@H]1Nc1cc(F)c(S(=O)(=O)N(OC=O)c2ccncn2)cc1Cl. The summed E-state index contributed by atoms with van der Waals surface area (Å²) in [6, 6.07) is 4.72. The molecular weight excluding hydrogens is 609 g/mol. The number of rotatable bonds is 9. The molecule has 2 aromatic carbocycles. The lowest BCUT2D eigenvalue weighted by atomic mass is 9.77. The first-order valence-electron chi connectivity index (χ1n) is 12.4. The minimum atomic E-state index is -4.82. The number of benzene rings is 2. The van der Waals surface area contributed by atoms with Gasteiger partial charge in [0.25, 0.3) is 10.0 Å². The van der Waals surface area contributed by atoms with Crippen molar-refractivity contribution >= 4 is 39.6 Å². The standard InChI is InChI=1S/C26H25ClF5N5O4S/c1-36(2)23-9-15(16-7-17(26(30,31)32)10-18(28)8-16)3-4-21(23)35-22-12-20(29)24(11-19(22)27)42(39,40)37(41-14-38)25-5-6-33-13-34-25/h5-8,10-15,21,23,35H,3-4,9H2,1-2H3/t15-,21-,23-/m0/s1. The van der Waals surface area contributed by atoms with E-state index in [1.165, 1.54) is 6.20 Å². The fraction of sp³-hybridized carbons (Fsp3) is 0.346. The van der Waals surface area contributed by atoms with Gasteiger partial charge in [-0.15, -0.1) is 0 Å². The predicted molar refractivity (Wildman–Crippen MR) is 143 cm³/mol. The van der Waals surface area contributed by atoms with Gasteiger partial charge in [-0.1, -0.05) is 16.1 Å². The number of likely N-dealkylation sites (N-methyl/N-ethyl adjacent to an activating group) is 1. The average molecular weight is 634 g/mol. The zero-order valence-corrected chi connectivity index (χ0v) is 23.7. The van der Waals surface area contributed by atoms with E-state index in [-0.39, 0.29) is 51.0 Å². The van der Waals surface area contributed by atoms with E-state index in [9.17, 15) is 30.8 Å². The summed E-state index contributed by atoms with van der Waals surface area (Å²) in [4.78, 5) is 23.9. The smallest absolute Gasteiger partial charge is 0.379 e. The van der Waals surface area contributed by atoms with E-state index in [4.69, 9.17) is 11.6 Å². The number of carbonyl (C=O) groups is 1. The van der Waals surface area contributed by atoms with Gasteiger partial charge in [-0.25, -0.2) is 18.7 Å². The number of nitrogens with zero attached hydrogens (tertiary/aromatic N) is 4. The van der Waals surface area contributed by atoms with Crippen LogP contribution in [0.25, 0.3) is 0 Å². The summed E-state index contributed by atoms with van der Waals surface area (Å²) in [5, 5.41) is 2.96. The van der Waals surface area contributed by atoms with Crippen molar-refractivity contribution in [1.82, 2.24) is 14.9 Å². The third kappa shape index (κ3) is 6.73. The summed E-state index contributed by atoms with van der Waals surface area (Å²) in [7, 11) is -1.29. The Morgan fingerprint density at radius 1 is 1.12 bits per heavy atom. The Morgan fingerprint density at radius 2 is 1.86 bits per heavy atom. The lowest BCUT2D eigenvalue weighted by molar-refractivity contribution is -0.137. The molecule has 42 heavy (non-hydrogen) atoms. The van der Waals surface area contributed by atoms with Gasteiger partial charge in [0.15, 0.2) is 5.82 Å². The van der Waals surface area contributed by atoms with Crippen LogP contribution in [0.3, 0.4) is 0 Å². The van der Waals surface area contributed by atoms with Crippen molar-refractivity contribution in [2.45, 2.75) is 48.3 Å². The van der Waals surface area contributed by atoms with Crippen molar-refractivity contribution in [2.24, 2.45) is 0 Å². The van der Waals surface area contributed by atoms with E-state index in [2.05, 4.69) is 20.1 Å². The highest BCUT2D eigenvalue weighted by Crippen LogP contribution is 2.40. The van der Waals surface area contributed by atoms with Crippen molar-refractivity contribution in [2.75, 3.05) is 23.9 Å². The van der Waals surface area contributed by atoms with E-state index in [0.717, 1.165) is 36.7 Å². The van der Waals surface area contributed by atoms with Gasteiger partial charge in [0, 0.05) is 24.3 Å². The number of carbonyl (C=O) groups excluding carboxylic acids is 1. The summed E-state index contributed by atoms with van der Waals surface area (Å²) >= 11 is 6.37. The first-order valence-corrected chi connectivity index (χ1v) is 14.3. The molecule has 16 heteroatoms. The van der Waals surface area contributed by atoms with Crippen molar-refractivity contribution in [3.63, 3.8) is 0 Å². The van der Waals surface area contributed by atoms with Crippen molar-refractivity contribution in [1.29, 1.82) is 0 Å². The number of alkyl halides is 3. The first kappa shape index (κ1) is 31.4. The molecule has 0 spiro atoms. The normalized spacial score (nSPS) is 19.4. The Bertz CT molecular complexity index is 1550. The van der Waals surface area contributed by atoms with Crippen LogP contribution >= 0.6 is 11.6 Å². The Morgan fingerprint density at radius 3 is 2.48 bits per heavy atom. The highest BCUT2D eigenvalue weighted by atomic mass is 35.5. The lowest BCUT2D eigenvalue weighted by Gasteiger charge is -2.41. The molecule has 0 radical (unpaired) electrons. The van der Waals surface area contributed by atoms with Gasteiger partial charge in [-0.2, -0.15) is 21.6 Å². The summed E-state index contributed by atoms with van der Waals surface area (Å²) in [6.07, 6.45) is -1.35. The first-order chi connectivity index (χ1) is 19.7. The van der Waals surface area contributed by atoms with Crippen LogP contribution in [0.4, 0.5) is 33.5 Å². The largest absolute Gasteiger partial charge is 0.416 e. The van der Waals surface area contributed by atoms with Crippen LogP contribution in [-0.2, 0) is 25.8 Å². The maximum absolute atomic E-state index is 15.3. The molecule has 3 aromatic rings. The zero-order chi connectivity index (χ0) is 30.8. The Labute approximate surface area is 243 Å². The maximum Gasteiger partial charge on any atom is 0.416 e. The molecule has 1 heterocycles. The highest BCUT2D eigenvalue weighted by Gasteiger charge is 2.37. The molecule has 0 saturated heterocycles. The number of aromatic nitrogens is 2. The van der Waals surface area contributed by atoms with Crippen molar-refractivity contribution < 1.29 is 40.0 Å². The fourth-order valence-electron chi connectivity index (χ4n) is 4.99. The van der Waals surface area contributed by atoms with Crippen LogP contribution in [0, 0.1) is 11.6 Å². The molecule has 1 aliphatic carbocycles. The van der Waals surface area contributed by atoms with Gasteiger partial charge in [0.1, 0.15) is 22.9 Å². The lowest BCUT2D eigenvalue weighted by Crippen LogP contribution is -2.47. The molecule has 0 bridgehead atoms. The summed E-state index contributed by atoms with van der Waals surface area (Å²) in [5.41, 5.74) is -0.760. The van der Waals surface area contributed by atoms with Crippen molar-refractivity contribution in [3.05, 3.63) is 76.7 Å². The van der Waals surface area contributed by atoms with Gasteiger partial charge in [0.05, 0.1) is 16.3 Å². The zero-order valence-electron chi connectivity index (χ0n) is 22.1. The van der Waals surface area contributed by atoms with Crippen LogP contribution in [-0.4, -0.2) is 55.9 Å². The molecule has 3 atom stereocenters. The molecule has 0 unspecified atom stereocenters. The van der Waals surface area contributed by atoms with Gasteiger partial charge in [0.2, 0.25) is 0 Å². The molecule has 1 saturated carbocycles. The molecule has 0 amide bonds. The minimum absolute atomic E-state index is 0.0680. The molecule has 0 aliphatic heterocycles. The number of hydrogen-bond acceptors (Lipinski definition) is 8. The third-order valence-electron chi connectivity index (χ3n) is 6.95. The maximum atomic E-state index is 15.3. The van der Waals surface area contributed by atoms with Gasteiger partial charge < -0.3 is 15.1 Å². The van der Waals surface area contributed by atoms with Crippen LogP contribution in [0.1, 0.15) is 36.3 Å². The number of anilines is 2. The van der Waals surface area contributed by atoms with Crippen LogP contribution in [0.2, 0.25) is 5.02 Å². The molecule has 1 aromatic heterocycles. The molecule has 1 N–H and O–H groups in total. The number of halogens is 6. The molecule has 226 valence electrons. The second-order valence-electron chi connectivity index (χ2n) is 9.83. The Hall–Kier alpha value is -3.56. The van der Waals surface area contributed by atoms with Crippen LogP contribution in [0.15, 0.2) is 53.8 Å². The number of sulfonamides is 1. The van der Waals surface area contributed by atoms with E-state index in [1.54, 1.807) is 14.1 Å². The van der Waals surface area contributed by atoms with Crippen LogP contribution < -0.4 is 9.79 Å². The Kier molecular flexibility index (Phi) is 9.23. The van der Waals surface area contributed by atoms with E-state index in [1.807, 2.05) is 4.90 Å². The summed E-state index contributed by atoms with van der Waals surface area (Å²) in [6.45, 7) is -0.166. The van der Waals surface area contributed by atoms with Gasteiger partial charge in [-0.05, 0) is 75.2 Å². The van der Waals surface area contributed by atoms with Gasteiger partial charge >= 0.3 is 12.6 Å². The molecule has 1 fully saturated rings. The monoisotopic (exact) mass is 633 g/mol. The summed E-state index contributed by atoms with van der Waals surface area (Å²) in [5.74, 6) is -2.92. The minimum Gasteiger partial charge on any atom is -0.379 e. The third-order valence-corrected chi connectivity index (χ3v) is 8.84. The molecule has 1 aliphatic rings. The molecule has 9 nitrogen and oxygen atoms in total. The molecule has 4 rings (SSSR count). The quantitative estimate of drug-likeness (QED) is 0.190. The van der Waals surface area contributed by atoms with E-state index >= 15 is 4.39 Å². The second-order valence-corrected chi connectivity index (χ2v) is 12.0. The van der Waals surface area contributed by atoms with Gasteiger partial charge in [-0.3, -0.25) is 4.79 Å².